The second-order valence-corrected chi connectivity index (χ2v) is 7.42. The standard InChI is InChI=1S/C22H31N3O/c1-6-25(7-2)18-14-12-17(13-15-18)23-16-21(26)24-20-11-9-8-10-19(20)22(3,4)5/h8-15,23H,6-7,16H2,1-5H3,(H,24,26). The van der Waals surface area contributed by atoms with Crippen LogP contribution < -0.4 is 15.5 Å². The van der Waals surface area contributed by atoms with Gasteiger partial charge in [-0.3, -0.25) is 4.79 Å². The summed E-state index contributed by atoms with van der Waals surface area (Å²) in [6, 6.07) is 16.2. The fourth-order valence-electron chi connectivity index (χ4n) is 3.00. The summed E-state index contributed by atoms with van der Waals surface area (Å²) in [7, 11) is 0. The Kier molecular flexibility index (Phi) is 6.67. The van der Waals surface area contributed by atoms with Crippen LogP contribution in [0.5, 0.6) is 0 Å². The number of nitrogens with zero attached hydrogens (tertiary/aromatic N) is 1. The molecule has 140 valence electrons. The lowest BCUT2D eigenvalue weighted by molar-refractivity contribution is -0.114. The monoisotopic (exact) mass is 353 g/mol. The molecule has 0 spiro atoms. The average Bonchev–Trinajstić information content (AvgIpc) is 2.61. The van der Waals surface area contributed by atoms with Crippen LogP contribution in [0.4, 0.5) is 17.1 Å². The molecule has 2 aromatic rings. The SMILES string of the molecule is CCN(CC)c1ccc(NCC(=O)Nc2ccccc2C(C)(C)C)cc1. The number of hydrogen-bond donors (Lipinski definition) is 2. The molecule has 1 amide bonds. The van der Waals surface area contributed by atoms with Gasteiger partial charge in [0.25, 0.3) is 0 Å². The van der Waals surface area contributed by atoms with Crippen LogP contribution in [-0.2, 0) is 10.2 Å². The molecule has 0 bridgehead atoms. The lowest BCUT2D eigenvalue weighted by atomic mass is 9.86. The van der Waals surface area contributed by atoms with E-state index in [9.17, 15) is 4.79 Å². The molecular formula is C22H31N3O. The smallest absolute Gasteiger partial charge is 0.243 e. The second-order valence-electron chi connectivity index (χ2n) is 7.42. The molecule has 0 aliphatic rings. The van der Waals surface area contributed by atoms with Gasteiger partial charge in [0.2, 0.25) is 5.91 Å². The number of amides is 1. The molecule has 26 heavy (non-hydrogen) atoms. The maximum Gasteiger partial charge on any atom is 0.243 e. The number of anilines is 3. The van der Waals surface area contributed by atoms with Crippen LogP contribution in [0, 0.1) is 0 Å². The lowest BCUT2D eigenvalue weighted by Gasteiger charge is -2.23. The first-order valence-electron chi connectivity index (χ1n) is 9.33. The van der Waals surface area contributed by atoms with Crippen LogP contribution in [0.25, 0.3) is 0 Å². The molecule has 0 unspecified atom stereocenters. The van der Waals surface area contributed by atoms with Crippen molar-refractivity contribution in [2.75, 3.05) is 35.2 Å². The Morgan fingerprint density at radius 2 is 1.58 bits per heavy atom. The molecule has 0 heterocycles. The van der Waals surface area contributed by atoms with Gasteiger partial charge in [0.15, 0.2) is 0 Å². The van der Waals surface area contributed by atoms with Gasteiger partial charge in [0, 0.05) is 30.2 Å². The van der Waals surface area contributed by atoms with Gasteiger partial charge in [-0.25, -0.2) is 0 Å². The van der Waals surface area contributed by atoms with E-state index in [0.29, 0.717) is 0 Å². The first-order chi connectivity index (χ1) is 12.3. The maximum atomic E-state index is 12.4. The summed E-state index contributed by atoms with van der Waals surface area (Å²) in [5, 5.41) is 6.22. The van der Waals surface area contributed by atoms with Gasteiger partial charge in [-0.2, -0.15) is 0 Å². The fraction of sp³-hybridized carbons (Fsp3) is 0.409. The van der Waals surface area contributed by atoms with Gasteiger partial charge < -0.3 is 15.5 Å². The topological polar surface area (TPSA) is 44.4 Å². The van der Waals surface area contributed by atoms with Crippen molar-refractivity contribution in [3.05, 3.63) is 54.1 Å². The number of rotatable bonds is 7. The van der Waals surface area contributed by atoms with Crippen molar-refractivity contribution in [1.29, 1.82) is 0 Å². The highest BCUT2D eigenvalue weighted by Gasteiger charge is 2.18. The zero-order valence-electron chi connectivity index (χ0n) is 16.6. The van der Waals surface area contributed by atoms with Crippen molar-refractivity contribution in [3.8, 4) is 0 Å². The van der Waals surface area contributed by atoms with Crippen molar-refractivity contribution < 1.29 is 4.79 Å². The molecule has 0 saturated heterocycles. The number of carbonyl (C=O) groups excluding carboxylic acids is 1. The highest BCUT2D eigenvalue weighted by atomic mass is 16.1. The van der Waals surface area contributed by atoms with Gasteiger partial charge in [-0.05, 0) is 55.2 Å². The average molecular weight is 354 g/mol. The molecule has 0 radical (unpaired) electrons. The Balaban J connectivity index is 1.96. The van der Waals surface area contributed by atoms with E-state index in [1.165, 1.54) is 5.69 Å². The van der Waals surface area contributed by atoms with E-state index in [4.69, 9.17) is 0 Å². The number of nitrogens with one attached hydrogen (secondary N) is 2. The van der Waals surface area contributed by atoms with Crippen molar-refractivity contribution in [1.82, 2.24) is 0 Å². The predicted octanol–water partition coefficient (Wildman–Crippen LogP) is 4.88. The molecule has 2 rings (SSSR count). The third-order valence-electron chi connectivity index (χ3n) is 4.46. The number of carbonyl (C=O) groups is 1. The highest BCUT2D eigenvalue weighted by molar-refractivity contribution is 5.94. The quantitative estimate of drug-likeness (QED) is 0.745. The van der Waals surface area contributed by atoms with E-state index in [1.807, 2.05) is 30.3 Å². The van der Waals surface area contributed by atoms with Gasteiger partial charge in [0.05, 0.1) is 6.54 Å². The molecule has 0 aliphatic carbocycles. The van der Waals surface area contributed by atoms with Crippen molar-refractivity contribution >= 4 is 23.0 Å². The molecule has 4 heteroatoms. The molecule has 0 aromatic heterocycles. The Labute approximate surface area is 157 Å². The minimum absolute atomic E-state index is 0.0163. The molecule has 2 N–H and O–H groups in total. The minimum atomic E-state index is -0.0467. The van der Waals surface area contributed by atoms with Gasteiger partial charge in [0.1, 0.15) is 0 Å². The van der Waals surface area contributed by atoms with Crippen molar-refractivity contribution in [2.24, 2.45) is 0 Å². The zero-order valence-corrected chi connectivity index (χ0v) is 16.6. The Morgan fingerprint density at radius 1 is 0.962 bits per heavy atom. The first kappa shape index (κ1) is 19.8. The number of benzene rings is 2. The Hall–Kier alpha value is -2.49. The summed E-state index contributed by atoms with van der Waals surface area (Å²) < 4.78 is 0. The van der Waals surface area contributed by atoms with E-state index in [0.717, 1.165) is 30.0 Å². The van der Waals surface area contributed by atoms with Crippen molar-refractivity contribution in [3.63, 3.8) is 0 Å². The normalized spacial score (nSPS) is 11.1. The van der Waals surface area contributed by atoms with Crippen molar-refractivity contribution in [2.45, 2.75) is 40.0 Å². The summed E-state index contributed by atoms with van der Waals surface area (Å²) in [6.45, 7) is 12.9. The van der Waals surface area contributed by atoms with Crippen LogP contribution in [0.3, 0.4) is 0 Å². The highest BCUT2D eigenvalue weighted by Crippen LogP contribution is 2.29. The molecule has 0 fully saturated rings. The van der Waals surface area contributed by atoms with E-state index >= 15 is 0 Å². The zero-order chi connectivity index (χ0) is 19.2. The van der Waals surface area contributed by atoms with Gasteiger partial charge >= 0.3 is 0 Å². The van der Waals surface area contributed by atoms with Crippen LogP contribution >= 0.6 is 0 Å². The molecule has 0 saturated carbocycles. The number of para-hydroxylation sites is 1. The minimum Gasteiger partial charge on any atom is -0.376 e. The van der Waals surface area contributed by atoms with E-state index < -0.39 is 0 Å². The summed E-state index contributed by atoms with van der Waals surface area (Å²) in [4.78, 5) is 14.6. The second kappa shape index (κ2) is 8.75. The molecule has 0 aliphatic heterocycles. The van der Waals surface area contributed by atoms with Gasteiger partial charge in [-0.1, -0.05) is 39.0 Å². The largest absolute Gasteiger partial charge is 0.376 e. The maximum absolute atomic E-state index is 12.4. The Bertz CT molecular complexity index is 713. The predicted molar refractivity (Wildman–Crippen MR) is 112 cm³/mol. The number of hydrogen-bond acceptors (Lipinski definition) is 3. The van der Waals surface area contributed by atoms with E-state index in [1.54, 1.807) is 0 Å². The third kappa shape index (κ3) is 5.25. The Morgan fingerprint density at radius 3 is 2.15 bits per heavy atom. The summed E-state index contributed by atoms with van der Waals surface area (Å²) in [5.41, 5.74) is 4.14. The summed E-state index contributed by atoms with van der Waals surface area (Å²) in [5.74, 6) is -0.0467. The first-order valence-corrected chi connectivity index (χ1v) is 9.33. The lowest BCUT2D eigenvalue weighted by Crippen LogP contribution is -2.24. The van der Waals surface area contributed by atoms with Crippen LogP contribution in [-0.4, -0.2) is 25.5 Å². The summed E-state index contributed by atoms with van der Waals surface area (Å²) in [6.07, 6.45) is 0. The molecule has 2 aromatic carbocycles. The summed E-state index contributed by atoms with van der Waals surface area (Å²) >= 11 is 0. The van der Waals surface area contributed by atoms with Crippen LogP contribution in [0.1, 0.15) is 40.2 Å². The molecule has 0 atom stereocenters. The van der Waals surface area contributed by atoms with Crippen LogP contribution in [0.15, 0.2) is 48.5 Å². The fourth-order valence-corrected chi connectivity index (χ4v) is 3.00. The molecule has 4 nitrogen and oxygen atoms in total. The van der Waals surface area contributed by atoms with Gasteiger partial charge in [-0.15, -0.1) is 0 Å². The van der Waals surface area contributed by atoms with Crippen LogP contribution in [0.2, 0.25) is 0 Å². The van der Waals surface area contributed by atoms with E-state index in [-0.39, 0.29) is 17.9 Å². The third-order valence-corrected chi connectivity index (χ3v) is 4.46. The van der Waals surface area contributed by atoms with E-state index in [2.05, 4.69) is 68.4 Å². The molecular weight excluding hydrogens is 322 g/mol.